The summed E-state index contributed by atoms with van der Waals surface area (Å²) in [6.45, 7) is 5.36. The number of aromatic nitrogens is 1. The molecule has 150 valence electrons. The minimum atomic E-state index is 0.00402. The van der Waals surface area contributed by atoms with E-state index in [1.807, 2.05) is 11.0 Å². The zero-order valence-electron chi connectivity index (χ0n) is 16.5. The number of rotatable bonds is 4. The molecular formula is C22H26N6O. The highest BCUT2D eigenvalue weighted by Gasteiger charge is 2.26. The van der Waals surface area contributed by atoms with Crippen molar-refractivity contribution in [1.82, 2.24) is 15.2 Å². The maximum absolute atomic E-state index is 12.6. The van der Waals surface area contributed by atoms with E-state index in [1.54, 1.807) is 18.3 Å². The number of nitrogens with zero attached hydrogens (tertiary/aromatic N) is 5. The number of amides is 2. The van der Waals surface area contributed by atoms with Gasteiger partial charge in [-0.05, 0) is 36.6 Å². The molecule has 2 aromatic rings. The molecule has 3 heterocycles. The van der Waals surface area contributed by atoms with Gasteiger partial charge in [-0.1, -0.05) is 18.2 Å². The van der Waals surface area contributed by atoms with Gasteiger partial charge >= 0.3 is 6.03 Å². The van der Waals surface area contributed by atoms with Crippen LogP contribution < -0.4 is 15.1 Å². The number of carbonyl (C=O) groups excluding carboxylic acids is 1. The molecule has 2 fully saturated rings. The molecule has 0 radical (unpaired) electrons. The predicted octanol–water partition coefficient (Wildman–Crippen LogP) is 2.31. The molecule has 0 spiro atoms. The van der Waals surface area contributed by atoms with Gasteiger partial charge in [0.25, 0.3) is 0 Å². The lowest BCUT2D eigenvalue weighted by molar-refractivity contribution is 0.192. The number of piperazine rings is 1. The molecule has 7 nitrogen and oxygen atoms in total. The van der Waals surface area contributed by atoms with Crippen molar-refractivity contribution in [3.63, 3.8) is 0 Å². The lowest BCUT2D eigenvalue weighted by Gasteiger charge is -2.35. The van der Waals surface area contributed by atoms with Crippen LogP contribution in [0.5, 0.6) is 0 Å². The molecule has 1 atom stereocenters. The first-order valence-electron chi connectivity index (χ1n) is 10.2. The quantitative estimate of drug-likeness (QED) is 0.867. The maximum atomic E-state index is 12.6. The van der Waals surface area contributed by atoms with Gasteiger partial charge in [-0.3, -0.25) is 0 Å². The smallest absolute Gasteiger partial charge is 0.317 e. The van der Waals surface area contributed by atoms with Gasteiger partial charge < -0.3 is 20.0 Å². The van der Waals surface area contributed by atoms with Gasteiger partial charge in [0.05, 0.1) is 5.56 Å². The number of urea groups is 1. The number of anilines is 2. The Morgan fingerprint density at radius 1 is 1.07 bits per heavy atom. The van der Waals surface area contributed by atoms with Gasteiger partial charge in [0, 0.05) is 57.7 Å². The van der Waals surface area contributed by atoms with Crippen LogP contribution in [0.15, 0.2) is 48.7 Å². The van der Waals surface area contributed by atoms with E-state index in [0.29, 0.717) is 50.0 Å². The first-order chi connectivity index (χ1) is 14.2. The van der Waals surface area contributed by atoms with E-state index in [0.717, 1.165) is 19.5 Å². The minimum Gasteiger partial charge on any atom is -0.371 e. The lowest BCUT2D eigenvalue weighted by atomic mass is 10.1. The van der Waals surface area contributed by atoms with Crippen molar-refractivity contribution in [2.24, 2.45) is 5.92 Å². The third-order valence-corrected chi connectivity index (χ3v) is 5.72. The fraction of sp³-hybridized carbons (Fsp3) is 0.409. The Bertz CT molecular complexity index is 872. The molecular weight excluding hydrogens is 364 g/mol. The second-order valence-electron chi connectivity index (χ2n) is 7.58. The number of hydrogen-bond acceptors (Lipinski definition) is 5. The average Bonchev–Trinajstić information content (AvgIpc) is 3.27. The highest BCUT2D eigenvalue weighted by molar-refractivity contribution is 5.74. The van der Waals surface area contributed by atoms with Crippen LogP contribution in [0.4, 0.5) is 16.3 Å². The fourth-order valence-electron chi connectivity index (χ4n) is 4.07. The van der Waals surface area contributed by atoms with Crippen LogP contribution in [0.25, 0.3) is 0 Å². The second kappa shape index (κ2) is 8.82. The van der Waals surface area contributed by atoms with E-state index in [9.17, 15) is 10.1 Å². The molecule has 4 rings (SSSR count). The van der Waals surface area contributed by atoms with Crippen molar-refractivity contribution < 1.29 is 4.79 Å². The number of para-hydroxylation sites is 1. The summed E-state index contributed by atoms with van der Waals surface area (Å²) >= 11 is 0. The molecule has 2 aliphatic heterocycles. The standard InChI is InChI=1S/C22H26N6O/c23-15-19-5-4-9-24-21(19)26-11-13-27(14-12-26)22(29)25-16-18-8-10-28(17-18)20-6-2-1-3-7-20/h1-7,9,18H,8,10-14,16-17H2,(H,25,29). The largest absolute Gasteiger partial charge is 0.371 e. The van der Waals surface area contributed by atoms with Gasteiger partial charge in [0.2, 0.25) is 0 Å². The van der Waals surface area contributed by atoms with Crippen molar-refractivity contribution in [2.75, 3.05) is 55.6 Å². The maximum Gasteiger partial charge on any atom is 0.317 e. The SMILES string of the molecule is N#Cc1cccnc1N1CCN(C(=O)NCC2CCN(c3ccccc3)C2)CC1. The first kappa shape index (κ1) is 19.1. The molecule has 1 aromatic carbocycles. The van der Waals surface area contributed by atoms with Crippen molar-refractivity contribution in [3.8, 4) is 6.07 Å². The molecule has 2 amide bonds. The van der Waals surface area contributed by atoms with Gasteiger partial charge in [-0.2, -0.15) is 5.26 Å². The van der Waals surface area contributed by atoms with E-state index in [4.69, 9.17) is 0 Å². The number of nitrogens with one attached hydrogen (secondary N) is 1. The van der Waals surface area contributed by atoms with Gasteiger partial charge in [0.15, 0.2) is 0 Å². The van der Waals surface area contributed by atoms with Crippen LogP contribution in [0.2, 0.25) is 0 Å². The zero-order chi connectivity index (χ0) is 20.1. The monoisotopic (exact) mass is 390 g/mol. The van der Waals surface area contributed by atoms with E-state index >= 15 is 0 Å². The minimum absolute atomic E-state index is 0.00402. The summed E-state index contributed by atoms with van der Waals surface area (Å²) in [6.07, 6.45) is 2.80. The van der Waals surface area contributed by atoms with Crippen molar-refractivity contribution in [1.29, 1.82) is 5.26 Å². The summed E-state index contributed by atoms with van der Waals surface area (Å²) in [4.78, 5) is 23.3. The highest BCUT2D eigenvalue weighted by Crippen LogP contribution is 2.23. The Balaban J connectivity index is 1.23. The topological polar surface area (TPSA) is 75.5 Å². The Kier molecular flexibility index (Phi) is 5.80. The summed E-state index contributed by atoms with van der Waals surface area (Å²) < 4.78 is 0. The van der Waals surface area contributed by atoms with Crippen LogP contribution in [0, 0.1) is 17.2 Å². The predicted molar refractivity (Wildman–Crippen MR) is 113 cm³/mol. The first-order valence-corrected chi connectivity index (χ1v) is 10.2. The number of carbonyl (C=O) groups is 1. The highest BCUT2D eigenvalue weighted by atomic mass is 16.2. The third kappa shape index (κ3) is 4.43. The van der Waals surface area contributed by atoms with Gasteiger partial charge in [-0.15, -0.1) is 0 Å². The summed E-state index contributed by atoms with van der Waals surface area (Å²) in [5.74, 6) is 1.19. The molecule has 1 aromatic heterocycles. The third-order valence-electron chi connectivity index (χ3n) is 5.72. The number of hydrogen-bond donors (Lipinski definition) is 1. The van der Waals surface area contributed by atoms with E-state index in [2.05, 4.69) is 50.4 Å². The summed E-state index contributed by atoms with van der Waals surface area (Å²) in [5, 5.41) is 12.4. The summed E-state index contributed by atoms with van der Waals surface area (Å²) in [6, 6.07) is 16.2. The Morgan fingerprint density at radius 3 is 2.62 bits per heavy atom. The molecule has 1 unspecified atom stereocenters. The van der Waals surface area contributed by atoms with Crippen LogP contribution >= 0.6 is 0 Å². The fourth-order valence-corrected chi connectivity index (χ4v) is 4.07. The Labute approximate surface area is 171 Å². The van der Waals surface area contributed by atoms with Crippen molar-refractivity contribution in [3.05, 3.63) is 54.2 Å². The zero-order valence-corrected chi connectivity index (χ0v) is 16.5. The van der Waals surface area contributed by atoms with E-state index < -0.39 is 0 Å². The molecule has 0 bridgehead atoms. The number of nitriles is 1. The van der Waals surface area contributed by atoms with Crippen LogP contribution in [0.3, 0.4) is 0 Å². The molecule has 29 heavy (non-hydrogen) atoms. The second-order valence-corrected chi connectivity index (χ2v) is 7.58. The Morgan fingerprint density at radius 2 is 1.86 bits per heavy atom. The molecule has 0 saturated carbocycles. The molecule has 2 aliphatic rings. The summed E-state index contributed by atoms with van der Waals surface area (Å²) in [5.41, 5.74) is 1.83. The van der Waals surface area contributed by atoms with Crippen LogP contribution in [0.1, 0.15) is 12.0 Å². The molecule has 0 aliphatic carbocycles. The van der Waals surface area contributed by atoms with Crippen molar-refractivity contribution in [2.45, 2.75) is 6.42 Å². The van der Waals surface area contributed by atoms with Crippen LogP contribution in [-0.2, 0) is 0 Å². The van der Waals surface area contributed by atoms with E-state index in [1.165, 1.54) is 5.69 Å². The van der Waals surface area contributed by atoms with Gasteiger partial charge in [0.1, 0.15) is 11.9 Å². The Hall–Kier alpha value is -3.27. The number of pyridine rings is 1. The van der Waals surface area contributed by atoms with Gasteiger partial charge in [-0.25, -0.2) is 9.78 Å². The molecule has 2 saturated heterocycles. The average molecular weight is 390 g/mol. The molecule has 1 N–H and O–H groups in total. The summed E-state index contributed by atoms with van der Waals surface area (Å²) in [7, 11) is 0. The number of benzene rings is 1. The normalized spacial score (nSPS) is 19.1. The molecule has 7 heteroatoms. The van der Waals surface area contributed by atoms with Crippen LogP contribution in [-0.4, -0.2) is 61.7 Å². The van der Waals surface area contributed by atoms with E-state index in [-0.39, 0.29) is 6.03 Å². The lowest BCUT2D eigenvalue weighted by Crippen LogP contribution is -2.52. The van der Waals surface area contributed by atoms with Crippen molar-refractivity contribution >= 4 is 17.5 Å².